The highest BCUT2D eigenvalue weighted by Crippen LogP contribution is 2.39. The summed E-state index contributed by atoms with van der Waals surface area (Å²) in [5.41, 5.74) is 0.561. The molecule has 2 aromatic rings. The van der Waals surface area contributed by atoms with E-state index < -0.39 is 32.4 Å². The number of nitrogens with one attached hydrogen (secondary N) is 1. The summed E-state index contributed by atoms with van der Waals surface area (Å²) in [6.45, 7) is 3.21. The Morgan fingerprint density at radius 1 is 1.21 bits per heavy atom. The standard InChI is InChI=1S/C23H21N3O6S/c1-3-32-23(27)22-20(14-33(30,31)18-10-5-4-6-11-18)25-15(2)19(13-24)21(22)16-8-7-9-17(12-16)26(28)29/h4-12,21,25H,3,14H2,1-2H3. The number of nitrogens with zero attached hydrogens (tertiary/aromatic N) is 2. The number of ether oxygens (including phenoxy) is 1. The number of nitro benzene ring substituents is 1. The van der Waals surface area contributed by atoms with Crippen LogP contribution < -0.4 is 5.32 Å². The summed E-state index contributed by atoms with van der Waals surface area (Å²) in [4.78, 5) is 23.8. The van der Waals surface area contributed by atoms with Gasteiger partial charge in [-0.3, -0.25) is 10.1 Å². The van der Waals surface area contributed by atoms with Gasteiger partial charge in [0.2, 0.25) is 0 Å². The van der Waals surface area contributed by atoms with Crippen molar-refractivity contribution in [2.75, 3.05) is 12.4 Å². The molecule has 0 aromatic heterocycles. The Kier molecular flexibility index (Phi) is 6.94. The van der Waals surface area contributed by atoms with Crippen LogP contribution in [0.4, 0.5) is 5.69 Å². The van der Waals surface area contributed by atoms with E-state index in [-0.39, 0.29) is 34.0 Å². The number of hydrogen-bond donors (Lipinski definition) is 1. The first-order valence-corrected chi connectivity index (χ1v) is 11.6. The third-order valence-electron chi connectivity index (χ3n) is 5.11. The third-order valence-corrected chi connectivity index (χ3v) is 6.77. The van der Waals surface area contributed by atoms with E-state index in [4.69, 9.17) is 4.74 Å². The van der Waals surface area contributed by atoms with Crippen LogP contribution in [0.5, 0.6) is 0 Å². The number of rotatable bonds is 7. The Labute approximate surface area is 191 Å². The second-order valence-electron chi connectivity index (χ2n) is 7.25. The van der Waals surface area contributed by atoms with Crippen molar-refractivity contribution in [2.45, 2.75) is 24.7 Å². The van der Waals surface area contributed by atoms with Crippen molar-refractivity contribution in [1.82, 2.24) is 5.32 Å². The molecule has 9 nitrogen and oxygen atoms in total. The number of sulfone groups is 1. The normalized spacial score (nSPS) is 16.1. The van der Waals surface area contributed by atoms with E-state index >= 15 is 0 Å². The Hall–Kier alpha value is -3.97. The van der Waals surface area contributed by atoms with E-state index in [9.17, 15) is 28.6 Å². The molecule has 0 spiro atoms. The molecule has 1 N–H and O–H groups in total. The van der Waals surface area contributed by atoms with Gasteiger partial charge in [0.05, 0.1) is 45.3 Å². The maximum atomic E-state index is 13.1. The Bertz CT molecular complexity index is 1310. The van der Waals surface area contributed by atoms with Gasteiger partial charge in [-0.1, -0.05) is 30.3 Å². The number of nitriles is 1. The first kappa shape index (κ1) is 23.7. The lowest BCUT2D eigenvalue weighted by atomic mass is 9.81. The fourth-order valence-corrected chi connectivity index (χ4v) is 5.01. The van der Waals surface area contributed by atoms with Gasteiger partial charge in [-0.2, -0.15) is 5.26 Å². The van der Waals surface area contributed by atoms with E-state index in [1.807, 2.05) is 6.07 Å². The summed E-state index contributed by atoms with van der Waals surface area (Å²) < 4.78 is 31.3. The molecule has 33 heavy (non-hydrogen) atoms. The van der Waals surface area contributed by atoms with Crippen LogP contribution in [0, 0.1) is 21.4 Å². The molecule has 10 heteroatoms. The zero-order chi connectivity index (χ0) is 24.2. The lowest BCUT2D eigenvalue weighted by Crippen LogP contribution is -2.33. The van der Waals surface area contributed by atoms with Crippen LogP contribution >= 0.6 is 0 Å². The summed E-state index contributed by atoms with van der Waals surface area (Å²) >= 11 is 0. The highest BCUT2D eigenvalue weighted by molar-refractivity contribution is 7.91. The van der Waals surface area contributed by atoms with E-state index in [0.29, 0.717) is 11.3 Å². The Balaban J connectivity index is 2.23. The van der Waals surface area contributed by atoms with Crippen molar-refractivity contribution in [3.63, 3.8) is 0 Å². The minimum Gasteiger partial charge on any atom is -0.463 e. The number of esters is 1. The van der Waals surface area contributed by atoms with Crippen molar-refractivity contribution in [3.8, 4) is 6.07 Å². The van der Waals surface area contributed by atoms with Gasteiger partial charge in [-0.25, -0.2) is 13.2 Å². The number of dihydropyridines is 1. The highest BCUT2D eigenvalue weighted by atomic mass is 32.2. The van der Waals surface area contributed by atoms with E-state index in [0.717, 1.165) is 0 Å². The first-order chi connectivity index (χ1) is 15.7. The molecule has 0 fully saturated rings. The molecule has 3 rings (SSSR count). The number of carbonyl (C=O) groups is 1. The maximum absolute atomic E-state index is 13.1. The number of nitro groups is 1. The predicted molar refractivity (Wildman–Crippen MR) is 119 cm³/mol. The van der Waals surface area contributed by atoms with Gasteiger partial charge in [-0.05, 0) is 31.5 Å². The number of benzene rings is 2. The molecule has 2 aromatic carbocycles. The van der Waals surface area contributed by atoms with Crippen molar-refractivity contribution >= 4 is 21.5 Å². The third kappa shape index (κ3) is 4.94. The van der Waals surface area contributed by atoms with Crippen LogP contribution in [0.25, 0.3) is 0 Å². The van der Waals surface area contributed by atoms with Crippen LogP contribution in [0.15, 0.2) is 82.0 Å². The molecule has 0 saturated heterocycles. The number of allylic oxidation sites excluding steroid dienone is 2. The van der Waals surface area contributed by atoms with Crippen LogP contribution in [-0.4, -0.2) is 31.7 Å². The van der Waals surface area contributed by atoms with Gasteiger partial charge in [0.15, 0.2) is 9.84 Å². The van der Waals surface area contributed by atoms with Gasteiger partial charge in [-0.15, -0.1) is 0 Å². The molecular weight excluding hydrogens is 446 g/mol. The summed E-state index contributed by atoms with van der Waals surface area (Å²) in [6, 6.07) is 15.4. The van der Waals surface area contributed by atoms with Crippen molar-refractivity contribution < 1.29 is 22.9 Å². The molecule has 1 unspecified atom stereocenters. The lowest BCUT2D eigenvalue weighted by Gasteiger charge is -2.29. The van der Waals surface area contributed by atoms with E-state index in [2.05, 4.69) is 5.32 Å². The SMILES string of the molecule is CCOC(=O)C1=C(CS(=O)(=O)c2ccccc2)NC(C)=C(C#N)C1c1cccc([N+](=O)[O-])c1. The fraction of sp³-hybridized carbons (Fsp3) is 0.217. The summed E-state index contributed by atoms with van der Waals surface area (Å²) in [5, 5.41) is 24.0. The second kappa shape index (κ2) is 9.67. The minimum absolute atomic E-state index is 0.0211. The number of hydrogen-bond acceptors (Lipinski definition) is 8. The van der Waals surface area contributed by atoms with Crippen molar-refractivity contribution in [2.24, 2.45) is 0 Å². The molecule has 0 bridgehead atoms. The molecule has 0 saturated carbocycles. The van der Waals surface area contributed by atoms with Gasteiger partial charge in [0.1, 0.15) is 0 Å². The van der Waals surface area contributed by atoms with Crippen LogP contribution in [-0.2, 0) is 19.4 Å². The lowest BCUT2D eigenvalue weighted by molar-refractivity contribution is -0.384. The molecule has 1 aliphatic rings. The van der Waals surface area contributed by atoms with Gasteiger partial charge in [0.25, 0.3) is 5.69 Å². The summed E-state index contributed by atoms with van der Waals surface area (Å²) in [5.74, 6) is -2.39. The molecule has 0 radical (unpaired) electrons. The first-order valence-electron chi connectivity index (χ1n) is 9.99. The molecule has 170 valence electrons. The molecular formula is C23H21N3O6S. The molecule has 1 heterocycles. The van der Waals surface area contributed by atoms with Crippen molar-refractivity contribution in [1.29, 1.82) is 5.26 Å². The average molecular weight is 468 g/mol. The Morgan fingerprint density at radius 3 is 2.52 bits per heavy atom. The van der Waals surface area contributed by atoms with Gasteiger partial charge < -0.3 is 10.1 Å². The largest absolute Gasteiger partial charge is 0.463 e. The van der Waals surface area contributed by atoms with E-state index in [1.165, 1.54) is 30.3 Å². The summed E-state index contributed by atoms with van der Waals surface area (Å²) in [7, 11) is -3.86. The minimum atomic E-state index is -3.86. The monoisotopic (exact) mass is 467 g/mol. The maximum Gasteiger partial charge on any atom is 0.336 e. The van der Waals surface area contributed by atoms with Gasteiger partial charge >= 0.3 is 5.97 Å². The average Bonchev–Trinajstić information content (AvgIpc) is 2.79. The topological polar surface area (TPSA) is 139 Å². The quantitative estimate of drug-likeness (QED) is 0.371. The molecule has 1 atom stereocenters. The predicted octanol–water partition coefficient (Wildman–Crippen LogP) is 3.37. The fourth-order valence-electron chi connectivity index (χ4n) is 3.66. The molecule has 1 aliphatic heterocycles. The zero-order valence-corrected chi connectivity index (χ0v) is 18.8. The highest BCUT2D eigenvalue weighted by Gasteiger charge is 2.37. The summed E-state index contributed by atoms with van der Waals surface area (Å²) in [6.07, 6.45) is 0. The Morgan fingerprint density at radius 2 is 1.91 bits per heavy atom. The smallest absolute Gasteiger partial charge is 0.336 e. The van der Waals surface area contributed by atoms with Crippen LogP contribution in [0.3, 0.4) is 0 Å². The number of non-ortho nitro benzene ring substituents is 1. The van der Waals surface area contributed by atoms with Crippen molar-refractivity contribution in [3.05, 3.63) is 92.8 Å². The van der Waals surface area contributed by atoms with Gasteiger partial charge in [0, 0.05) is 23.5 Å². The van der Waals surface area contributed by atoms with E-state index in [1.54, 1.807) is 38.1 Å². The second-order valence-corrected chi connectivity index (χ2v) is 9.23. The van der Waals surface area contributed by atoms with Crippen LogP contribution in [0.2, 0.25) is 0 Å². The zero-order valence-electron chi connectivity index (χ0n) is 17.9. The van der Waals surface area contributed by atoms with Crippen LogP contribution in [0.1, 0.15) is 25.3 Å². The molecule has 0 amide bonds. The number of carbonyl (C=O) groups excluding carboxylic acids is 1. The molecule has 0 aliphatic carbocycles.